The number of aliphatic hydroxyl groups is 1. The fourth-order valence-corrected chi connectivity index (χ4v) is 2.89. The lowest BCUT2D eigenvalue weighted by Crippen LogP contribution is -2.42. The topological polar surface area (TPSA) is 65.3 Å². The van der Waals surface area contributed by atoms with E-state index in [1.54, 1.807) is 0 Å². The Kier molecular flexibility index (Phi) is 5.60. The van der Waals surface area contributed by atoms with Crippen molar-refractivity contribution in [2.24, 2.45) is 0 Å². The van der Waals surface area contributed by atoms with Crippen LogP contribution in [0.4, 0.5) is 0 Å². The van der Waals surface area contributed by atoms with Crippen molar-refractivity contribution in [1.29, 1.82) is 5.26 Å². The Balaban J connectivity index is 2.01. The van der Waals surface area contributed by atoms with Crippen LogP contribution in [0.5, 0.6) is 5.75 Å². The molecule has 4 nitrogen and oxygen atoms in total. The van der Waals surface area contributed by atoms with Crippen molar-refractivity contribution in [1.82, 2.24) is 5.32 Å². The third-order valence-corrected chi connectivity index (χ3v) is 4.04. The number of ether oxygens (including phenoxy) is 1. The summed E-state index contributed by atoms with van der Waals surface area (Å²) >= 11 is 0. The van der Waals surface area contributed by atoms with E-state index in [4.69, 9.17) is 9.84 Å². The average Bonchev–Trinajstić information content (AvgIpc) is 2.91. The smallest absolute Gasteiger partial charge is 0.122 e. The normalized spacial score (nSPS) is 24.7. The van der Waals surface area contributed by atoms with E-state index in [2.05, 4.69) is 18.3 Å². The predicted molar refractivity (Wildman–Crippen MR) is 82.1 cm³/mol. The number of hydrogen-bond acceptors (Lipinski definition) is 4. The quantitative estimate of drug-likeness (QED) is 0.808. The molecule has 2 N–H and O–H groups in total. The Morgan fingerprint density at radius 1 is 1.48 bits per heavy atom. The summed E-state index contributed by atoms with van der Waals surface area (Å²) in [6, 6.07) is 10.3. The molecule has 2 atom stereocenters. The molecule has 1 aromatic carbocycles. The van der Waals surface area contributed by atoms with E-state index in [9.17, 15) is 5.26 Å². The van der Waals surface area contributed by atoms with Crippen LogP contribution in [0.2, 0.25) is 0 Å². The molecule has 1 fully saturated rings. The van der Waals surface area contributed by atoms with Crippen LogP contribution in [0.25, 0.3) is 0 Å². The van der Waals surface area contributed by atoms with Crippen molar-refractivity contribution >= 4 is 0 Å². The van der Waals surface area contributed by atoms with Gasteiger partial charge in [-0.2, -0.15) is 5.26 Å². The zero-order valence-corrected chi connectivity index (χ0v) is 12.6. The summed E-state index contributed by atoms with van der Waals surface area (Å²) in [6.45, 7) is 3.08. The van der Waals surface area contributed by atoms with Crippen molar-refractivity contribution in [3.05, 3.63) is 29.8 Å². The minimum atomic E-state index is -0.438. The minimum absolute atomic E-state index is 0.0637. The molecule has 4 heteroatoms. The molecule has 0 aromatic heterocycles. The number of benzene rings is 1. The van der Waals surface area contributed by atoms with Crippen LogP contribution in [0.1, 0.15) is 38.2 Å². The summed E-state index contributed by atoms with van der Waals surface area (Å²) in [5.41, 5.74) is 0.586. The SMILES string of the molecule is CCCNC1(C#N)CCC(Oc2ccccc2CCO)C1. The molecule has 0 amide bonds. The Labute approximate surface area is 126 Å². The van der Waals surface area contributed by atoms with Gasteiger partial charge in [-0.25, -0.2) is 0 Å². The van der Waals surface area contributed by atoms with Crippen molar-refractivity contribution < 1.29 is 9.84 Å². The molecule has 0 bridgehead atoms. The van der Waals surface area contributed by atoms with Gasteiger partial charge < -0.3 is 9.84 Å². The van der Waals surface area contributed by atoms with Gasteiger partial charge >= 0.3 is 0 Å². The standard InChI is InChI=1S/C17H24N2O2/c1-2-10-19-17(13-18)9-7-15(12-17)21-16-6-4-3-5-14(16)8-11-20/h3-6,15,19-20H,2,7-12H2,1H3. The van der Waals surface area contributed by atoms with Gasteiger partial charge in [0.2, 0.25) is 0 Å². The molecule has 0 radical (unpaired) electrons. The molecule has 0 spiro atoms. The summed E-state index contributed by atoms with van der Waals surface area (Å²) in [5.74, 6) is 0.834. The van der Waals surface area contributed by atoms with Crippen molar-refractivity contribution in [3.63, 3.8) is 0 Å². The number of aliphatic hydroxyl groups excluding tert-OH is 1. The maximum absolute atomic E-state index is 9.46. The van der Waals surface area contributed by atoms with Gasteiger partial charge in [-0.05, 0) is 43.9 Å². The summed E-state index contributed by atoms with van der Waals surface area (Å²) in [5, 5.41) is 21.9. The van der Waals surface area contributed by atoms with Crippen LogP contribution in [-0.2, 0) is 6.42 Å². The van der Waals surface area contributed by atoms with Gasteiger partial charge in [-0.1, -0.05) is 25.1 Å². The highest BCUT2D eigenvalue weighted by atomic mass is 16.5. The fourth-order valence-electron chi connectivity index (χ4n) is 2.89. The first-order valence-corrected chi connectivity index (χ1v) is 7.74. The molecule has 0 saturated heterocycles. The van der Waals surface area contributed by atoms with Gasteiger partial charge in [0, 0.05) is 13.0 Å². The highest BCUT2D eigenvalue weighted by Gasteiger charge is 2.40. The van der Waals surface area contributed by atoms with Crippen LogP contribution >= 0.6 is 0 Å². The lowest BCUT2D eigenvalue weighted by Gasteiger charge is -2.23. The van der Waals surface area contributed by atoms with E-state index in [1.807, 2.05) is 24.3 Å². The van der Waals surface area contributed by atoms with Gasteiger partial charge in [-0.3, -0.25) is 5.32 Å². The van der Waals surface area contributed by atoms with E-state index < -0.39 is 5.54 Å². The van der Waals surface area contributed by atoms with Crippen molar-refractivity contribution in [2.45, 2.75) is 50.7 Å². The minimum Gasteiger partial charge on any atom is -0.490 e. The number of para-hydroxylation sites is 1. The van der Waals surface area contributed by atoms with E-state index in [1.165, 1.54) is 0 Å². The Morgan fingerprint density at radius 2 is 2.29 bits per heavy atom. The van der Waals surface area contributed by atoms with Gasteiger partial charge in [0.15, 0.2) is 0 Å². The first kappa shape index (κ1) is 15.8. The average molecular weight is 288 g/mol. The molecule has 1 saturated carbocycles. The van der Waals surface area contributed by atoms with E-state index >= 15 is 0 Å². The predicted octanol–water partition coefficient (Wildman–Crippen LogP) is 2.41. The highest BCUT2D eigenvalue weighted by Crippen LogP contribution is 2.33. The first-order chi connectivity index (χ1) is 10.2. The third kappa shape index (κ3) is 3.96. The molecule has 1 aromatic rings. The molecule has 2 unspecified atom stereocenters. The van der Waals surface area contributed by atoms with Gasteiger partial charge in [-0.15, -0.1) is 0 Å². The Bertz CT molecular complexity index is 498. The van der Waals surface area contributed by atoms with Crippen LogP contribution in [-0.4, -0.2) is 29.9 Å². The van der Waals surface area contributed by atoms with E-state index in [0.29, 0.717) is 6.42 Å². The fraction of sp³-hybridized carbons (Fsp3) is 0.588. The summed E-state index contributed by atoms with van der Waals surface area (Å²) < 4.78 is 6.09. The second kappa shape index (κ2) is 7.44. The van der Waals surface area contributed by atoms with Gasteiger partial charge in [0.05, 0.1) is 6.07 Å². The molecule has 114 valence electrons. The molecule has 1 aliphatic rings. The maximum atomic E-state index is 9.46. The van der Waals surface area contributed by atoms with Gasteiger partial charge in [0.25, 0.3) is 0 Å². The van der Waals surface area contributed by atoms with Crippen molar-refractivity contribution in [2.75, 3.05) is 13.2 Å². The maximum Gasteiger partial charge on any atom is 0.122 e. The number of nitrogens with zero attached hydrogens (tertiary/aromatic N) is 1. The number of nitriles is 1. The third-order valence-electron chi connectivity index (χ3n) is 4.04. The number of nitrogens with one attached hydrogen (secondary N) is 1. The van der Waals surface area contributed by atoms with Crippen LogP contribution in [0, 0.1) is 11.3 Å². The number of hydrogen-bond donors (Lipinski definition) is 2. The molecule has 1 aliphatic carbocycles. The summed E-state index contributed by atoms with van der Waals surface area (Å²) in [7, 11) is 0. The van der Waals surface area contributed by atoms with Crippen molar-refractivity contribution in [3.8, 4) is 11.8 Å². The monoisotopic (exact) mass is 288 g/mol. The molecule has 0 aliphatic heterocycles. The number of rotatable bonds is 7. The molecule has 2 rings (SSSR count). The van der Waals surface area contributed by atoms with Crippen LogP contribution in [0.15, 0.2) is 24.3 Å². The van der Waals surface area contributed by atoms with Gasteiger partial charge in [0.1, 0.15) is 17.4 Å². The Morgan fingerprint density at radius 3 is 3.00 bits per heavy atom. The summed E-state index contributed by atoms with van der Waals surface area (Å²) in [4.78, 5) is 0. The zero-order chi connectivity index (χ0) is 15.1. The molecular formula is C17H24N2O2. The lowest BCUT2D eigenvalue weighted by molar-refractivity contribution is 0.197. The van der Waals surface area contributed by atoms with E-state index in [-0.39, 0.29) is 12.7 Å². The lowest BCUT2D eigenvalue weighted by atomic mass is 9.99. The molecular weight excluding hydrogens is 264 g/mol. The summed E-state index contributed by atoms with van der Waals surface area (Å²) in [6.07, 6.45) is 4.12. The second-order valence-electron chi connectivity index (χ2n) is 5.68. The highest BCUT2D eigenvalue weighted by molar-refractivity contribution is 5.34. The second-order valence-corrected chi connectivity index (χ2v) is 5.68. The first-order valence-electron chi connectivity index (χ1n) is 7.74. The largest absolute Gasteiger partial charge is 0.490 e. The van der Waals surface area contributed by atoms with Crippen LogP contribution < -0.4 is 10.1 Å². The zero-order valence-electron chi connectivity index (χ0n) is 12.6. The van der Waals surface area contributed by atoms with Crippen LogP contribution in [0.3, 0.4) is 0 Å². The van der Waals surface area contributed by atoms with E-state index in [0.717, 1.165) is 43.5 Å². The molecule has 21 heavy (non-hydrogen) atoms. The Hall–Kier alpha value is -1.57. The molecule has 0 heterocycles.